The number of carbonyl (C=O) groups is 1. The van der Waals surface area contributed by atoms with Gasteiger partial charge in [-0.1, -0.05) is 0 Å². The molecule has 0 aliphatic heterocycles. The molecular weight excluding hydrogens is 381 g/mol. The zero-order valence-electron chi connectivity index (χ0n) is 13.8. The lowest BCUT2D eigenvalue weighted by Gasteiger charge is -2.09. The highest BCUT2D eigenvalue weighted by molar-refractivity contribution is 7.12. The van der Waals surface area contributed by atoms with Crippen LogP contribution in [0.1, 0.15) is 27.2 Å². The molecule has 2 amide bonds. The molecule has 1 atom stereocenters. The average Bonchev–Trinajstić information content (AvgIpc) is 3.31. The van der Waals surface area contributed by atoms with Gasteiger partial charge in [0.2, 0.25) is 0 Å². The third-order valence-corrected chi connectivity index (χ3v) is 4.80. The summed E-state index contributed by atoms with van der Waals surface area (Å²) in [5.41, 5.74) is -0.532. The van der Waals surface area contributed by atoms with Crippen molar-refractivity contribution >= 4 is 23.1 Å². The molecule has 1 aromatic carbocycles. The van der Waals surface area contributed by atoms with E-state index in [0.29, 0.717) is 10.6 Å². The Balaban J connectivity index is 1.52. The first-order valence-corrected chi connectivity index (χ1v) is 8.67. The van der Waals surface area contributed by atoms with E-state index >= 15 is 0 Å². The molecule has 9 heteroatoms. The lowest BCUT2D eigenvalue weighted by Crippen LogP contribution is -2.27. The Bertz CT molecular complexity index is 889. The molecule has 0 saturated carbocycles. The van der Waals surface area contributed by atoms with Gasteiger partial charge in [-0.2, -0.15) is 13.2 Å². The van der Waals surface area contributed by atoms with Crippen molar-refractivity contribution in [2.24, 2.45) is 0 Å². The average molecular weight is 396 g/mol. The van der Waals surface area contributed by atoms with E-state index in [4.69, 9.17) is 4.42 Å². The number of hydrogen-bond acceptors (Lipinski definition) is 4. The van der Waals surface area contributed by atoms with E-state index in [1.54, 1.807) is 24.3 Å². The molecule has 0 bridgehead atoms. The molecule has 0 aliphatic carbocycles. The van der Waals surface area contributed by atoms with Crippen molar-refractivity contribution in [1.29, 1.82) is 0 Å². The molecule has 0 fully saturated rings. The minimum absolute atomic E-state index is 0.210. The normalized spacial score (nSPS) is 12.6. The summed E-state index contributed by atoms with van der Waals surface area (Å²) in [6.45, 7) is 0.210. The molecule has 0 saturated heterocycles. The van der Waals surface area contributed by atoms with E-state index in [1.165, 1.54) is 29.7 Å². The van der Waals surface area contributed by atoms with E-state index < -0.39 is 23.9 Å². The fourth-order valence-electron chi connectivity index (χ4n) is 2.31. The number of halogens is 3. The van der Waals surface area contributed by atoms with Crippen molar-refractivity contribution in [2.75, 3.05) is 5.32 Å². The van der Waals surface area contributed by atoms with E-state index in [9.17, 15) is 23.1 Å². The minimum atomic E-state index is -4.42. The van der Waals surface area contributed by atoms with Gasteiger partial charge in [-0.15, -0.1) is 11.3 Å². The van der Waals surface area contributed by atoms with Crippen LogP contribution in [0.15, 0.2) is 59.2 Å². The van der Waals surface area contributed by atoms with Gasteiger partial charge in [0.1, 0.15) is 11.9 Å². The van der Waals surface area contributed by atoms with Crippen LogP contribution in [0, 0.1) is 0 Å². The maximum atomic E-state index is 12.5. The number of alkyl halides is 3. The van der Waals surface area contributed by atoms with Crippen LogP contribution in [0.4, 0.5) is 23.7 Å². The van der Waals surface area contributed by atoms with Crippen LogP contribution >= 0.6 is 11.3 Å². The third-order valence-electron chi connectivity index (χ3n) is 3.66. The SMILES string of the molecule is O=C(NCc1ccc(C(O)c2ccco2)s1)Nc1ccc(C(F)(F)F)cc1. The lowest BCUT2D eigenvalue weighted by atomic mass is 10.2. The predicted molar refractivity (Wildman–Crippen MR) is 94.4 cm³/mol. The molecule has 3 rings (SSSR count). The van der Waals surface area contributed by atoms with Crippen LogP contribution in [-0.4, -0.2) is 11.1 Å². The van der Waals surface area contributed by atoms with Gasteiger partial charge in [0.25, 0.3) is 0 Å². The zero-order valence-corrected chi connectivity index (χ0v) is 14.6. The summed E-state index contributed by atoms with van der Waals surface area (Å²) < 4.78 is 42.7. The molecule has 5 nitrogen and oxygen atoms in total. The van der Waals surface area contributed by atoms with Gasteiger partial charge in [-0.25, -0.2) is 4.79 Å². The quantitative estimate of drug-likeness (QED) is 0.582. The zero-order chi connectivity index (χ0) is 19.4. The lowest BCUT2D eigenvalue weighted by molar-refractivity contribution is -0.137. The van der Waals surface area contributed by atoms with E-state index in [0.717, 1.165) is 17.0 Å². The number of benzene rings is 1. The molecule has 0 aliphatic rings. The van der Waals surface area contributed by atoms with Crippen molar-refractivity contribution in [2.45, 2.75) is 18.8 Å². The second-order valence-corrected chi connectivity index (χ2v) is 6.80. The van der Waals surface area contributed by atoms with Crippen LogP contribution in [0.25, 0.3) is 0 Å². The van der Waals surface area contributed by atoms with Gasteiger partial charge >= 0.3 is 12.2 Å². The number of furan rings is 1. The molecule has 3 aromatic rings. The van der Waals surface area contributed by atoms with Gasteiger partial charge < -0.3 is 20.2 Å². The van der Waals surface area contributed by atoms with Crippen molar-refractivity contribution in [3.05, 3.63) is 75.9 Å². The Morgan fingerprint density at radius 1 is 1.15 bits per heavy atom. The van der Waals surface area contributed by atoms with Gasteiger partial charge in [0.15, 0.2) is 0 Å². The smallest absolute Gasteiger partial charge is 0.416 e. The van der Waals surface area contributed by atoms with Gasteiger partial charge in [0, 0.05) is 15.4 Å². The molecule has 2 heterocycles. The van der Waals surface area contributed by atoms with Crippen LogP contribution in [0.2, 0.25) is 0 Å². The second kappa shape index (κ2) is 7.85. The molecule has 0 spiro atoms. The van der Waals surface area contributed by atoms with E-state index in [2.05, 4.69) is 10.6 Å². The number of hydrogen-bond donors (Lipinski definition) is 3. The number of aliphatic hydroxyl groups is 1. The minimum Gasteiger partial charge on any atom is -0.466 e. The highest BCUT2D eigenvalue weighted by Crippen LogP contribution is 2.30. The number of nitrogens with one attached hydrogen (secondary N) is 2. The van der Waals surface area contributed by atoms with Crippen LogP contribution in [0.5, 0.6) is 0 Å². The Hall–Kier alpha value is -2.78. The number of aliphatic hydroxyl groups excluding tert-OH is 1. The maximum absolute atomic E-state index is 12.5. The second-order valence-electron chi connectivity index (χ2n) is 5.60. The monoisotopic (exact) mass is 396 g/mol. The van der Waals surface area contributed by atoms with Crippen LogP contribution in [0.3, 0.4) is 0 Å². The fourth-order valence-corrected chi connectivity index (χ4v) is 3.26. The summed E-state index contributed by atoms with van der Waals surface area (Å²) in [6.07, 6.45) is -3.82. The largest absolute Gasteiger partial charge is 0.466 e. The standard InChI is InChI=1S/C18H15F3N2O3S/c19-18(20,21)11-3-5-12(6-4-11)23-17(25)22-10-13-7-8-15(27-13)16(24)14-2-1-9-26-14/h1-9,16,24H,10H2,(H2,22,23,25). The summed E-state index contributed by atoms with van der Waals surface area (Å²) >= 11 is 1.31. The highest BCUT2D eigenvalue weighted by Gasteiger charge is 2.30. The maximum Gasteiger partial charge on any atom is 0.416 e. The van der Waals surface area contributed by atoms with Crippen LogP contribution < -0.4 is 10.6 Å². The number of amides is 2. The highest BCUT2D eigenvalue weighted by atomic mass is 32.1. The summed E-state index contributed by atoms with van der Waals surface area (Å²) in [5.74, 6) is 0.427. The number of urea groups is 1. The van der Waals surface area contributed by atoms with Crippen molar-refractivity contribution in [3.8, 4) is 0 Å². The fraction of sp³-hybridized carbons (Fsp3) is 0.167. The summed E-state index contributed by atoms with van der Waals surface area (Å²) in [4.78, 5) is 13.4. The number of thiophene rings is 1. The first kappa shape index (κ1) is 19.0. The Kier molecular flexibility index (Phi) is 5.52. The first-order valence-electron chi connectivity index (χ1n) is 7.85. The molecule has 0 radical (unpaired) electrons. The number of carbonyl (C=O) groups excluding carboxylic acids is 1. The summed E-state index contributed by atoms with van der Waals surface area (Å²) in [7, 11) is 0. The van der Waals surface area contributed by atoms with Crippen LogP contribution in [-0.2, 0) is 12.7 Å². The third kappa shape index (κ3) is 4.89. The van der Waals surface area contributed by atoms with Crippen molar-refractivity contribution in [3.63, 3.8) is 0 Å². The molecular formula is C18H15F3N2O3S. The Morgan fingerprint density at radius 3 is 2.52 bits per heavy atom. The Morgan fingerprint density at radius 2 is 1.89 bits per heavy atom. The summed E-state index contributed by atoms with van der Waals surface area (Å²) in [5, 5.41) is 15.3. The topological polar surface area (TPSA) is 74.5 Å². The van der Waals surface area contributed by atoms with Gasteiger partial charge in [-0.05, 0) is 48.5 Å². The summed E-state index contributed by atoms with van der Waals surface area (Å²) in [6, 6.07) is 10.5. The van der Waals surface area contributed by atoms with Gasteiger partial charge in [-0.3, -0.25) is 0 Å². The van der Waals surface area contributed by atoms with Crippen molar-refractivity contribution < 1.29 is 27.5 Å². The first-order chi connectivity index (χ1) is 12.8. The Labute approximate surface area is 156 Å². The molecule has 1 unspecified atom stereocenters. The van der Waals surface area contributed by atoms with Gasteiger partial charge in [0.05, 0.1) is 18.4 Å². The molecule has 2 aromatic heterocycles. The predicted octanol–water partition coefficient (Wildman–Crippen LogP) is 4.76. The van der Waals surface area contributed by atoms with Crippen molar-refractivity contribution in [1.82, 2.24) is 5.32 Å². The molecule has 142 valence electrons. The molecule has 3 N–H and O–H groups in total. The van der Waals surface area contributed by atoms with E-state index in [-0.39, 0.29) is 12.2 Å². The molecule has 27 heavy (non-hydrogen) atoms. The number of rotatable bonds is 5. The number of anilines is 1. The van der Waals surface area contributed by atoms with E-state index in [1.807, 2.05) is 0 Å².